The number of carbonyl (C=O) groups is 1. The third-order valence-electron chi connectivity index (χ3n) is 4.49. The number of alkyl halides is 1. The van der Waals surface area contributed by atoms with Gasteiger partial charge in [-0.05, 0) is 35.2 Å². The van der Waals surface area contributed by atoms with Gasteiger partial charge < -0.3 is 4.74 Å². The summed E-state index contributed by atoms with van der Waals surface area (Å²) in [4.78, 5) is 12.4. The highest BCUT2D eigenvalue weighted by molar-refractivity contribution is 7.93. The summed E-state index contributed by atoms with van der Waals surface area (Å²) in [5.41, 5.74) is 2.85. The van der Waals surface area contributed by atoms with Crippen molar-refractivity contribution in [2.24, 2.45) is 0 Å². The van der Waals surface area contributed by atoms with Crippen LogP contribution >= 0.6 is 11.6 Å². The molecule has 29 heavy (non-hydrogen) atoms. The summed E-state index contributed by atoms with van der Waals surface area (Å²) >= 11 is 5.95. The Labute approximate surface area is 176 Å². The van der Waals surface area contributed by atoms with Crippen molar-refractivity contribution in [1.82, 2.24) is 0 Å². The summed E-state index contributed by atoms with van der Waals surface area (Å²) in [6.45, 7) is 1.54. The van der Waals surface area contributed by atoms with E-state index in [0.717, 1.165) is 16.7 Å². The molecule has 1 unspecified atom stereocenters. The van der Waals surface area contributed by atoms with Crippen LogP contribution in [0.1, 0.15) is 18.1 Å². The van der Waals surface area contributed by atoms with E-state index >= 15 is 0 Å². The number of hydrogen-bond donors (Lipinski definition) is 0. The van der Waals surface area contributed by atoms with E-state index in [4.69, 9.17) is 16.3 Å². The van der Waals surface area contributed by atoms with Crippen molar-refractivity contribution >= 4 is 27.4 Å². The number of carbonyl (C=O) groups excluding carboxylic acids is 1. The van der Waals surface area contributed by atoms with E-state index < -0.39 is 20.5 Å². The maximum Gasteiger partial charge on any atom is 0.310 e. The minimum Gasteiger partial charge on any atom is -0.461 e. The van der Waals surface area contributed by atoms with Crippen LogP contribution in [0.25, 0.3) is 11.1 Å². The van der Waals surface area contributed by atoms with Crippen LogP contribution in [0, 0.1) is 0 Å². The largest absolute Gasteiger partial charge is 0.461 e. The van der Waals surface area contributed by atoms with Crippen LogP contribution in [-0.4, -0.2) is 19.1 Å². The quantitative estimate of drug-likeness (QED) is 0.392. The Morgan fingerprint density at radius 3 is 2.17 bits per heavy atom. The van der Waals surface area contributed by atoms with E-state index in [9.17, 15) is 13.2 Å². The molecule has 0 saturated carbocycles. The zero-order valence-electron chi connectivity index (χ0n) is 15.9. The van der Waals surface area contributed by atoms with Gasteiger partial charge in [0.05, 0.1) is 11.3 Å². The third kappa shape index (κ3) is 5.25. The first-order valence-electron chi connectivity index (χ1n) is 9.14. The van der Waals surface area contributed by atoms with Gasteiger partial charge in [-0.15, -0.1) is 11.6 Å². The van der Waals surface area contributed by atoms with Gasteiger partial charge in [0.25, 0.3) is 0 Å². The molecule has 0 bridgehead atoms. The molecule has 150 valence electrons. The SMILES string of the molecule is CC(Cl)S(=O)(=O)c1cc(-c2ccccc2)ccc1CC(=O)OCc1ccccc1. The van der Waals surface area contributed by atoms with Gasteiger partial charge in [0, 0.05) is 0 Å². The number of rotatable bonds is 7. The first-order chi connectivity index (χ1) is 13.9. The highest BCUT2D eigenvalue weighted by atomic mass is 35.5. The lowest BCUT2D eigenvalue weighted by Crippen LogP contribution is -2.16. The van der Waals surface area contributed by atoms with Gasteiger partial charge in [-0.1, -0.05) is 72.8 Å². The normalized spacial score (nSPS) is 12.3. The van der Waals surface area contributed by atoms with Gasteiger partial charge in [0.2, 0.25) is 0 Å². The first kappa shape index (κ1) is 21.1. The Balaban J connectivity index is 1.88. The van der Waals surface area contributed by atoms with Crippen molar-refractivity contribution in [3.63, 3.8) is 0 Å². The van der Waals surface area contributed by atoms with Gasteiger partial charge >= 0.3 is 5.97 Å². The van der Waals surface area contributed by atoms with Crippen molar-refractivity contribution in [2.75, 3.05) is 0 Å². The molecule has 0 aliphatic heterocycles. The molecule has 0 aliphatic carbocycles. The zero-order chi connectivity index (χ0) is 20.9. The van der Waals surface area contributed by atoms with E-state index in [2.05, 4.69) is 0 Å². The number of esters is 1. The number of halogens is 1. The summed E-state index contributed by atoms with van der Waals surface area (Å²) in [6.07, 6.45) is -0.153. The van der Waals surface area contributed by atoms with Crippen LogP contribution in [0.5, 0.6) is 0 Å². The number of benzene rings is 3. The molecular formula is C23H21ClO4S. The molecule has 0 aliphatic rings. The van der Waals surface area contributed by atoms with Crippen LogP contribution < -0.4 is 0 Å². The van der Waals surface area contributed by atoms with Gasteiger partial charge in [0.15, 0.2) is 9.84 Å². The maximum atomic E-state index is 12.8. The molecule has 0 heterocycles. The average Bonchev–Trinajstić information content (AvgIpc) is 2.73. The summed E-state index contributed by atoms with van der Waals surface area (Å²) < 4.78 is 29.8. The molecule has 0 saturated heterocycles. The molecule has 0 N–H and O–H groups in total. The highest BCUT2D eigenvalue weighted by Gasteiger charge is 2.26. The fourth-order valence-electron chi connectivity index (χ4n) is 2.90. The van der Waals surface area contributed by atoms with Crippen molar-refractivity contribution in [3.8, 4) is 11.1 Å². The zero-order valence-corrected chi connectivity index (χ0v) is 17.5. The van der Waals surface area contributed by atoms with Crippen molar-refractivity contribution in [3.05, 3.63) is 90.0 Å². The molecule has 4 nitrogen and oxygen atoms in total. The predicted molar refractivity (Wildman–Crippen MR) is 114 cm³/mol. The van der Waals surface area contributed by atoms with Gasteiger partial charge in [-0.25, -0.2) is 8.42 Å². The van der Waals surface area contributed by atoms with Crippen molar-refractivity contribution < 1.29 is 17.9 Å². The lowest BCUT2D eigenvalue weighted by atomic mass is 10.0. The minimum atomic E-state index is -3.79. The third-order valence-corrected chi connectivity index (χ3v) is 7.04. The lowest BCUT2D eigenvalue weighted by molar-refractivity contribution is -0.144. The average molecular weight is 429 g/mol. The molecule has 0 aromatic heterocycles. The second kappa shape index (κ2) is 9.25. The molecule has 3 rings (SSSR count). The Hall–Kier alpha value is -2.63. The van der Waals surface area contributed by atoms with Crippen LogP contribution in [0.3, 0.4) is 0 Å². The Morgan fingerprint density at radius 2 is 1.55 bits per heavy atom. The molecule has 0 radical (unpaired) electrons. The Kier molecular flexibility index (Phi) is 6.72. The molecule has 3 aromatic rings. The fraction of sp³-hybridized carbons (Fsp3) is 0.174. The van der Waals surface area contributed by atoms with E-state index in [1.807, 2.05) is 60.7 Å². The molecule has 6 heteroatoms. The monoisotopic (exact) mass is 428 g/mol. The van der Waals surface area contributed by atoms with E-state index in [1.54, 1.807) is 18.2 Å². The highest BCUT2D eigenvalue weighted by Crippen LogP contribution is 2.29. The maximum absolute atomic E-state index is 12.8. The summed E-state index contributed by atoms with van der Waals surface area (Å²) in [6, 6.07) is 23.8. The Bertz CT molecular complexity index is 1080. The minimum absolute atomic E-state index is 0.0537. The fourth-order valence-corrected chi connectivity index (χ4v) is 4.33. The molecule has 0 spiro atoms. The standard InChI is InChI=1S/C23H21ClO4S/c1-17(24)29(26,27)22-14-20(19-10-6-3-7-11-19)12-13-21(22)15-23(25)28-16-18-8-4-2-5-9-18/h2-14,17H,15-16H2,1H3. The van der Waals surface area contributed by atoms with E-state index in [1.165, 1.54) is 6.92 Å². The van der Waals surface area contributed by atoms with Gasteiger partial charge in [-0.3, -0.25) is 4.79 Å². The Morgan fingerprint density at radius 1 is 0.931 bits per heavy atom. The van der Waals surface area contributed by atoms with Gasteiger partial charge in [0.1, 0.15) is 11.3 Å². The number of hydrogen-bond acceptors (Lipinski definition) is 4. The molecular weight excluding hydrogens is 408 g/mol. The van der Waals surface area contributed by atoms with Crippen LogP contribution in [0.15, 0.2) is 83.8 Å². The lowest BCUT2D eigenvalue weighted by Gasteiger charge is -2.14. The first-order valence-corrected chi connectivity index (χ1v) is 11.1. The van der Waals surface area contributed by atoms with Crippen molar-refractivity contribution in [1.29, 1.82) is 0 Å². The molecule has 0 fully saturated rings. The van der Waals surface area contributed by atoms with Crippen molar-refractivity contribution in [2.45, 2.75) is 29.6 Å². The molecule has 0 amide bonds. The second-order valence-corrected chi connectivity index (χ2v) is 9.75. The molecule has 1 atom stereocenters. The van der Waals surface area contributed by atoms with E-state index in [0.29, 0.717) is 5.56 Å². The van der Waals surface area contributed by atoms with Crippen LogP contribution in [-0.2, 0) is 32.4 Å². The number of sulfone groups is 1. The van der Waals surface area contributed by atoms with Gasteiger partial charge in [-0.2, -0.15) is 0 Å². The summed E-state index contributed by atoms with van der Waals surface area (Å²) in [7, 11) is -3.79. The predicted octanol–water partition coefficient (Wildman–Crippen LogP) is 5.00. The van der Waals surface area contributed by atoms with Crippen LogP contribution in [0.2, 0.25) is 0 Å². The summed E-state index contributed by atoms with van der Waals surface area (Å²) in [5.74, 6) is -0.500. The topological polar surface area (TPSA) is 60.4 Å². The van der Waals surface area contributed by atoms with Crippen LogP contribution in [0.4, 0.5) is 0 Å². The summed E-state index contributed by atoms with van der Waals surface area (Å²) in [5, 5.41) is 0. The van der Waals surface area contributed by atoms with E-state index in [-0.39, 0.29) is 17.9 Å². The molecule has 3 aromatic carbocycles. The second-order valence-electron chi connectivity index (χ2n) is 6.60. The number of ether oxygens (including phenoxy) is 1. The smallest absolute Gasteiger partial charge is 0.310 e.